The maximum atomic E-state index is 10.3. The van der Waals surface area contributed by atoms with Crippen LogP contribution in [0.2, 0.25) is 0 Å². The van der Waals surface area contributed by atoms with Crippen molar-refractivity contribution in [1.82, 2.24) is 0 Å². The molecule has 0 aromatic rings. The zero-order valence-electron chi connectivity index (χ0n) is 22.0. The van der Waals surface area contributed by atoms with Gasteiger partial charge in [0.25, 0.3) is 0 Å². The summed E-state index contributed by atoms with van der Waals surface area (Å²) in [5.74, 6) is -10.0. The van der Waals surface area contributed by atoms with Gasteiger partial charge < -0.3 is 118 Å². The molecule has 0 aromatic heterocycles. The third-order valence-corrected chi connectivity index (χ3v) is 2.57. The summed E-state index contributed by atoms with van der Waals surface area (Å²) in [6, 6.07) is 0. The van der Waals surface area contributed by atoms with Crippen LogP contribution in [0.5, 0.6) is 0 Å². The fourth-order valence-electron chi connectivity index (χ4n) is 1.43. The van der Waals surface area contributed by atoms with Crippen molar-refractivity contribution in [2.75, 3.05) is 0 Å². The molecule has 0 unspecified atom stereocenters. The van der Waals surface area contributed by atoms with E-state index in [-0.39, 0.29) is 146 Å². The summed E-state index contributed by atoms with van der Waals surface area (Å²) in [7, 11) is 0. The van der Waals surface area contributed by atoms with Gasteiger partial charge in [-0.25, -0.2) is 9.59 Å². The third-order valence-electron chi connectivity index (χ3n) is 2.57. The first-order valence-corrected chi connectivity index (χ1v) is 6.34. The van der Waals surface area contributed by atoms with Gasteiger partial charge in [-0.15, -0.1) is 0 Å². The van der Waals surface area contributed by atoms with E-state index in [1.807, 2.05) is 0 Å². The number of carboxylic acids is 6. The first-order valence-electron chi connectivity index (χ1n) is 6.34. The maximum absolute atomic E-state index is 10.3. The lowest BCUT2D eigenvalue weighted by atomic mass is 9.96. The van der Waals surface area contributed by atoms with E-state index in [0.717, 1.165) is 0 Å². The molecule has 31 heteroatoms. The Kier molecular flexibility index (Phi) is 187. The molecule has 43 heavy (non-hydrogen) atoms. The second-order valence-electron chi connectivity index (χ2n) is 4.96. The number of carboxylic acid groups (broad SMARTS) is 6. The van der Waals surface area contributed by atoms with Crippen molar-refractivity contribution in [3.8, 4) is 0 Å². The van der Waals surface area contributed by atoms with Gasteiger partial charge in [0.1, 0.15) is 0 Å². The van der Waals surface area contributed by atoms with E-state index in [1.165, 1.54) is 0 Å². The maximum Gasteiger partial charge on any atom is 0.336 e. The van der Waals surface area contributed by atoms with Gasteiger partial charge >= 0.3 is 35.8 Å². The van der Waals surface area contributed by atoms with E-state index in [2.05, 4.69) is 0 Å². The number of aliphatic carboxylic acids is 6. The van der Waals surface area contributed by atoms with Crippen LogP contribution in [0.3, 0.4) is 0 Å². The fraction of sp³-hybridized carbons (Fsp3) is 0.500. The third kappa shape index (κ3) is 64.5. The van der Waals surface area contributed by atoms with Crippen molar-refractivity contribution in [1.29, 1.82) is 0 Å². The minimum atomic E-state index is -2.74. The molecular formula is C12H44Mg3O28. The normalized spacial score (nSPS) is 6.56. The van der Waals surface area contributed by atoms with Crippen molar-refractivity contribution in [3.63, 3.8) is 0 Å². The molecule has 28 nitrogen and oxygen atoms in total. The summed E-state index contributed by atoms with van der Waals surface area (Å²) in [5.41, 5.74) is -5.48. The van der Waals surface area contributed by atoms with E-state index in [9.17, 15) is 28.8 Å². The summed E-state index contributed by atoms with van der Waals surface area (Å²) in [5, 5.41) is 67.6. The lowest BCUT2D eigenvalue weighted by molar-refractivity contribution is -0.170. The van der Waals surface area contributed by atoms with Crippen molar-refractivity contribution in [2.45, 2.75) is 36.9 Å². The summed E-state index contributed by atoms with van der Waals surface area (Å²) in [6.07, 6.45) is -4.58. The molecule has 266 valence electrons. The highest BCUT2D eigenvalue weighted by atomic mass is 24.3. The molecule has 0 heterocycles. The van der Waals surface area contributed by atoms with Gasteiger partial charge in [0.15, 0.2) is 11.2 Å². The van der Waals surface area contributed by atoms with Gasteiger partial charge in [-0.05, 0) is 0 Å². The monoisotopic (exact) mass is 708 g/mol. The summed E-state index contributed by atoms with van der Waals surface area (Å²) in [4.78, 5) is 61.0. The number of carbonyl (C=O) groups is 6. The first-order chi connectivity index (χ1) is 11.6. The Morgan fingerprint density at radius 3 is 0.465 bits per heavy atom. The molecule has 0 fully saturated rings. The largest absolute Gasteiger partial charge is 0.481 e. The molecule has 0 saturated carbocycles. The van der Waals surface area contributed by atoms with E-state index < -0.39 is 72.7 Å². The van der Waals surface area contributed by atoms with E-state index in [4.69, 9.17) is 40.9 Å². The lowest BCUT2D eigenvalue weighted by Gasteiger charge is -2.18. The van der Waals surface area contributed by atoms with E-state index >= 15 is 0 Å². The van der Waals surface area contributed by atoms with Crippen LogP contribution < -0.4 is 0 Å². The number of aliphatic hydroxyl groups is 2. The molecule has 0 aromatic carbocycles. The standard InChI is InChI=1S/2C6H8O7.3Mg.14H2O/c2*7-3(8)1-6(13,5(11)12)2-4(9)10;;;;;;;;;;;;;;;;;/h2*13H,1-2H2,(H,7,8)(H,9,10)(H,11,12);;;;14*1H2. The Morgan fingerprint density at radius 1 is 0.326 bits per heavy atom. The van der Waals surface area contributed by atoms with Crippen LogP contribution in [0.25, 0.3) is 0 Å². The highest BCUT2D eigenvalue weighted by molar-refractivity contribution is 5.88. The molecule has 0 aliphatic heterocycles. The lowest BCUT2D eigenvalue weighted by Crippen LogP contribution is -2.42. The molecule has 0 rings (SSSR count). The SMILES string of the molecule is O.O.O.O.O.O.O.O.O.O.O.O.O.O.O=C(O)CC(O)(CC(=O)O)C(=O)O.O=C(O)CC(O)(CC(=O)O)C(=O)O.[Mg].[Mg].[Mg]. The van der Waals surface area contributed by atoms with Crippen molar-refractivity contribution in [3.05, 3.63) is 0 Å². The van der Waals surface area contributed by atoms with Crippen molar-refractivity contribution in [2.24, 2.45) is 0 Å². The predicted molar refractivity (Wildman–Crippen MR) is 142 cm³/mol. The molecule has 0 atom stereocenters. The fourth-order valence-corrected chi connectivity index (χ4v) is 1.43. The van der Waals surface area contributed by atoms with Gasteiger partial charge in [0.05, 0.1) is 25.7 Å². The molecule has 0 spiro atoms. The molecule has 0 saturated heterocycles. The number of rotatable bonds is 10. The van der Waals surface area contributed by atoms with Crippen LogP contribution in [0, 0.1) is 0 Å². The average Bonchev–Trinajstić information content (AvgIpc) is 2.34. The topological polar surface area (TPSA) is 705 Å². The Morgan fingerprint density at radius 2 is 0.419 bits per heavy atom. The molecule has 0 aliphatic rings. The average molecular weight is 709 g/mol. The summed E-state index contributed by atoms with van der Waals surface area (Å²) >= 11 is 0. The number of hydrogen-bond donors (Lipinski definition) is 8. The van der Waals surface area contributed by atoms with E-state index in [1.54, 1.807) is 0 Å². The van der Waals surface area contributed by atoms with Crippen LogP contribution in [-0.4, -0.2) is 234 Å². The van der Waals surface area contributed by atoms with Crippen molar-refractivity contribution < 1.29 is 146 Å². The van der Waals surface area contributed by atoms with Gasteiger partial charge in [-0.1, -0.05) is 0 Å². The van der Waals surface area contributed by atoms with Crippen LogP contribution in [0.4, 0.5) is 0 Å². The van der Waals surface area contributed by atoms with Crippen molar-refractivity contribution >= 4 is 105 Å². The Balaban J connectivity index is -0.0000000113. The quantitative estimate of drug-likeness (QED) is 0.0977. The predicted octanol–water partition coefficient (Wildman–Crippen LogP) is -15.2. The minimum absolute atomic E-state index is 0. The van der Waals surface area contributed by atoms with E-state index in [0.29, 0.717) is 0 Å². The molecule has 6 radical (unpaired) electrons. The first kappa shape index (κ1) is 135. The summed E-state index contributed by atoms with van der Waals surface area (Å²) < 4.78 is 0. The molecular weight excluding hydrogens is 665 g/mol. The second-order valence-corrected chi connectivity index (χ2v) is 4.96. The number of hydrogen-bond acceptors (Lipinski definition) is 8. The van der Waals surface area contributed by atoms with Crippen LogP contribution in [-0.2, 0) is 28.8 Å². The Hall–Kier alpha value is -1.52. The smallest absolute Gasteiger partial charge is 0.336 e. The highest BCUT2D eigenvalue weighted by Crippen LogP contribution is 2.16. The van der Waals surface area contributed by atoms with Crippen LogP contribution >= 0.6 is 0 Å². The summed E-state index contributed by atoms with van der Waals surface area (Å²) in [6.45, 7) is 0. The van der Waals surface area contributed by atoms with Gasteiger partial charge in [0.2, 0.25) is 0 Å². The van der Waals surface area contributed by atoms with Gasteiger partial charge in [-0.2, -0.15) is 0 Å². The molecule has 0 bridgehead atoms. The zero-order chi connectivity index (χ0) is 21.3. The Bertz CT molecular complexity index is 532. The Labute approximate surface area is 287 Å². The zero-order valence-corrected chi connectivity index (χ0v) is 26.2. The second kappa shape index (κ2) is 59.8. The minimum Gasteiger partial charge on any atom is -0.481 e. The van der Waals surface area contributed by atoms with Gasteiger partial charge in [-0.3, -0.25) is 19.2 Å². The highest BCUT2D eigenvalue weighted by Gasteiger charge is 2.41. The van der Waals surface area contributed by atoms with Crippen LogP contribution in [0.1, 0.15) is 25.7 Å². The van der Waals surface area contributed by atoms with Gasteiger partial charge in [0, 0.05) is 69.2 Å². The molecule has 36 N–H and O–H groups in total. The molecule has 0 amide bonds. The molecule has 0 aliphatic carbocycles. The van der Waals surface area contributed by atoms with Crippen LogP contribution in [0.15, 0.2) is 0 Å².